The molecule has 1 atom stereocenters. The summed E-state index contributed by atoms with van der Waals surface area (Å²) in [7, 11) is 0. The molecule has 0 spiro atoms. The van der Waals surface area contributed by atoms with E-state index in [1.165, 1.54) is 0 Å². The minimum Gasteiger partial charge on any atom is -0.396 e. The predicted octanol–water partition coefficient (Wildman–Crippen LogP) is 3.06. The summed E-state index contributed by atoms with van der Waals surface area (Å²) in [4.78, 5) is 8.66. The first-order valence-electron chi connectivity index (χ1n) is 6.15. The van der Waals surface area contributed by atoms with E-state index < -0.39 is 0 Å². The van der Waals surface area contributed by atoms with E-state index in [-0.39, 0.29) is 11.5 Å². The molecule has 0 aliphatic heterocycles. The van der Waals surface area contributed by atoms with Crippen molar-refractivity contribution >= 4 is 22.4 Å². The van der Waals surface area contributed by atoms with Crippen LogP contribution in [0.15, 0.2) is 24.5 Å². The average Bonchev–Trinajstić information content (AvgIpc) is 2.31. The van der Waals surface area contributed by atoms with E-state index in [0.29, 0.717) is 5.69 Å². The number of pyridine rings is 2. The number of hydrogen-bond donors (Lipinski definition) is 2. The standard InChI is InChI=1S/C14H20N4/c1-9(14(2,3)4)18-12-10(15)8-17-11-6-5-7-16-13(11)12/h5-9H,15H2,1-4H3,(H,17,18). The van der Waals surface area contributed by atoms with Crippen LogP contribution in [0, 0.1) is 5.41 Å². The molecule has 0 aromatic carbocycles. The molecular weight excluding hydrogens is 224 g/mol. The van der Waals surface area contributed by atoms with Gasteiger partial charge < -0.3 is 11.1 Å². The Morgan fingerprint density at radius 1 is 1.28 bits per heavy atom. The number of nitrogens with one attached hydrogen (secondary N) is 1. The van der Waals surface area contributed by atoms with Crippen molar-refractivity contribution in [3.63, 3.8) is 0 Å². The molecule has 2 aromatic rings. The first-order valence-corrected chi connectivity index (χ1v) is 6.15. The largest absolute Gasteiger partial charge is 0.396 e. The summed E-state index contributed by atoms with van der Waals surface area (Å²) in [5.41, 5.74) is 9.36. The Morgan fingerprint density at radius 3 is 2.67 bits per heavy atom. The van der Waals surface area contributed by atoms with Crippen LogP contribution < -0.4 is 11.1 Å². The maximum Gasteiger partial charge on any atom is 0.114 e. The Kier molecular flexibility index (Phi) is 3.11. The molecule has 0 saturated carbocycles. The molecule has 18 heavy (non-hydrogen) atoms. The first kappa shape index (κ1) is 12.6. The van der Waals surface area contributed by atoms with Crippen LogP contribution in [-0.4, -0.2) is 16.0 Å². The van der Waals surface area contributed by atoms with Crippen LogP contribution in [0.5, 0.6) is 0 Å². The lowest BCUT2D eigenvalue weighted by Gasteiger charge is -2.29. The van der Waals surface area contributed by atoms with Gasteiger partial charge in [-0.1, -0.05) is 20.8 Å². The topological polar surface area (TPSA) is 63.8 Å². The van der Waals surface area contributed by atoms with Crippen LogP contribution in [0.1, 0.15) is 27.7 Å². The average molecular weight is 244 g/mol. The Morgan fingerprint density at radius 2 is 2.00 bits per heavy atom. The fourth-order valence-corrected chi connectivity index (χ4v) is 1.62. The van der Waals surface area contributed by atoms with Gasteiger partial charge in [0, 0.05) is 12.2 Å². The quantitative estimate of drug-likeness (QED) is 0.852. The summed E-state index contributed by atoms with van der Waals surface area (Å²) >= 11 is 0. The van der Waals surface area contributed by atoms with Gasteiger partial charge in [0.25, 0.3) is 0 Å². The maximum atomic E-state index is 6.01. The van der Waals surface area contributed by atoms with Crippen molar-refractivity contribution in [2.45, 2.75) is 33.7 Å². The van der Waals surface area contributed by atoms with Crippen molar-refractivity contribution in [3.05, 3.63) is 24.5 Å². The zero-order valence-corrected chi connectivity index (χ0v) is 11.4. The number of fused-ring (bicyclic) bond motifs is 1. The van der Waals surface area contributed by atoms with Gasteiger partial charge in [0.05, 0.1) is 23.1 Å². The summed E-state index contributed by atoms with van der Waals surface area (Å²) in [6.45, 7) is 8.72. The van der Waals surface area contributed by atoms with E-state index in [1.54, 1.807) is 12.4 Å². The van der Waals surface area contributed by atoms with Gasteiger partial charge in [-0.25, -0.2) is 0 Å². The molecule has 4 nitrogen and oxygen atoms in total. The lowest BCUT2D eigenvalue weighted by molar-refractivity contribution is 0.359. The highest BCUT2D eigenvalue weighted by atomic mass is 15.0. The van der Waals surface area contributed by atoms with E-state index >= 15 is 0 Å². The van der Waals surface area contributed by atoms with Crippen LogP contribution in [0.4, 0.5) is 11.4 Å². The molecule has 3 N–H and O–H groups in total. The summed E-state index contributed by atoms with van der Waals surface area (Å²) in [5, 5.41) is 3.47. The van der Waals surface area contributed by atoms with Gasteiger partial charge in [-0.15, -0.1) is 0 Å². The summed E-state index contributed by atoms with van der Waals surface area (Å²) in [6.07, 6.45) is 3.44. The molecular formula is C14H20N4. The van der Waals surface area contributed by atoms with Crippen LogP contribution in [0.3, 0.4) is 0 Å². The fourth-order valence-electron chi connectivity index (χ4n) is 1.62. The van der Waals surface area contributed by atoms with Crippen LogP contribution >= 0.6 is 0 Å². The summed E-state index contributed by atoms with van der Waals surface area (Å²) < 4.78 is 0. The third-order valence-electron chi connectivity index (χ3n) is 3.31. The molecule has 0 saturated heterocycles. The number of nitrogens with zero attached hydrogens (tertiary/aromatic N) is 2. The number of aromatic nitrogens is 2. The third-order valence-corrected chi connectivity index (χ3v) is 3.31. The van der Waals surface area contributed by atoms with E-state index in [9.17, 15) is 0 Å². The van der Waals surface area contributed by atoms with Gasteiger partial charge in [-0.3, -0.25) is 9.97 Å². The first-order chi connectivity index (χ1) is 8.39. The smallest absolute Gasteiger partial charge is 0.114 e. The zero-order chi connectivity index (χ0) is 13.3. The monoisotopic (exact) mass is 244 g/mol. The van der Waals surface area contributed by atoms with Gasteiger partial charge in [-0.05, 0) is 24.5 Å². The van der Waals surface area contributed by atoms with Crippen molar-refractivity contribution in [1.29, 1.82) is 0 Å². The molecule has 0 bridgehead atoms. The molecule has 2 rings (SSSR count). The zero-order valence-electron chi connectivity index (χ0n) is 11.4. The van der Waals surface area contributed by atoms with Gasteiger partial charge in [-0.2, -0.15) is 0 Å². The SMILES string of the molecule is CC(Nc1c(N)cnc2cccnc12)C(C)(C)C. The second-order valence-electron chi connectivity index (χ2n) is 5.69. The molecule has 0 aliphatic carbocycles. The van der Waals surface area contributed by atoms with Crippen molar-refractivity contribution in [3.8, 4) is 0 Å². The number of nitrogens with two attached hydrogens (primary N) is 1. The van der Waals surface area contributed by atoms with Gasteiger partial charge in [0.1, 0.15) is 5.52 Å². The Balaban J connectivity index is 2.47. The van der Waals surface area contributed by atoms with Crippen molar-refractivity contribution in [1.82, 2.24) is 9.97 Å². The van der Waals surface area contributed by atoms with Gasteiger partial charge >= 0.3 is 0 Å². The van der Waals surface area contributed by atoms with Gasteiger partial charge in [0.2, 0.25) is 0 Å². The molecule has 2 aromatic heterocycles. The second kappa shape index (κ2) is 4.44. The molecule has 0 fully saturated rings. The summed E-state index contributed by atoms with van der Waals surface area (Å²) in [5.74, 6) is 0. The maximum absolute atomic E-state index is 6.01. The Bertz CT molecular complexity index is 557. The Hall–Kier alpha value is -1.84. The second-order valence-corrected chi connectivity index (χ2v) is 5.69. The molecule has 4 heteroatoms. The fraction of sp³-hybridized carbons (Fsp3) is 0.429. The number of hydrogen-bond acceptors (Lipinski definition) is 4. The minimum absolute atomic E-state index is 0.150. The van der Waals surface area contributed by atoms with E-state index in [4.69, 9.17) is 5.73 Å². The van der Waals surface area contributed by atoms with Crippen molar-refractivity contribution in [2.24, 2.45) is 5.41 Å². The number of nitrogen functional groups attached to an aromatic ring is 1. The van der Waals surface area contributed by atoms with Crippen molar-refractivity contribution < 1.29 is 0 Å². The third kappa shape index (κ3) is 2.37. The van der Waals surface area contributed by atoms with Crippen LogP contribution in [-0.2, 0) is 0 Å². The lowest BCUT2D eigenvalue weighted by Crippen LogP contribution is -2.31. The normalized spacial score (nSPS) is 13.6. The van der Waals surface area contributed by atoms with E-state index in [2.05, 4.69) is 43.0 Å². The van der Waals surface area contributed by atoms with Crippen LogP contribution in [0.25, 0.3) is 11.0 Å². The van der Waals surface area contributed by atoms with E-state index in [0.717, 1.165) is 16.7 Å². The predicted molar refractivity (Wildman–Crippen MR) is 76.5 cm³/mol. The van der Waals surface area contributed by atoms with Crippen molar-refractivity contribution in [2.75, 3.05) is 11.1 Å². The number of rotatable bonds is 2. The highest BCUT2D eigenvalue weighted by molar-refractivity contribution is 5.93. The van der Waals surface area contributed by atoms with E-state index in [1.807, 2.05) is 12.1 Å². The summed E-state index contributed by atoms with van der Waals surface area (Å²) in [6, 6.07) is 4.10. The highest BCUT2D eigenvalue weighted by Gasteiger charge is 2.21. The van der Waals surface area contributed by atoms with Crippen LogP contribution in [0.2, 0.25) is 0 Å². The number of anilines is 2. The molecule has 1 unspecified atom stereocenters. The molecule has 0 radical (unpaired) electrons. The van der Waals surface area contributed by atoms with Gasteiger partial charge in [0.15, 0.2) is 0 Å². The highest BCUT2D eigenvalue weighted by Crippen LogP contribution is 2.30. The molecule has 2 heterocycles. The Labute approximate surface area is 108 Å². The minimum atomic E-state index is 0.150. The molecule has 96 valence electrons. The molecule has 0 aliphatic rings. The molecule has 0 amide bonds. The lowest BCUT2D eigenvalue weighted by atomic mass is 9.88.